The molecule has 0 amide bonds. The van der Waals surface area contributed by atoms with Gasteiger partial charge in [-0.3, -0.25) is 4.79 Å². The van der Waals surface area contributed by atoms with E-state index in [1.165, 1.54) is 19.1 Å². The molecule has 10 heteroatoms. The molecule has 0 spiro atoms. The van der Waals surface area contributed by atoms with Crippen LogP contribution in [0, 0.1) is 45.8 Å². The monoisotopic (exact) mass is 575 g/mol. The third-order valence-corrected chi connectivity index (χ3v) is 11.3. The van der Waals surface area contributed by atoms with E-state index in [1.54, 1.807) is 19.9 Å². The van der Waals surface area contributed by atoms with Crippen molar-refractivity contribution in [1.29, 1.82) is 5.26 Å². The number of nitrogens with zero attached hydrogens (tertiary/aromatic N) is 1. The summed E-state index contributed by atoms with van der Waals surface area (Å²) in [6.07, 6.45) is 1.90. The van der Waals surface area contributed by atoms with Crippen molar-refractivity contribution >= 4 is 17.9 Å². The number of nitriles is 1. The Morgan fingerprint density at radius 2 is 1.88 bits per heavy atom. The first-order valence-corrected chi connectivity index (χ1v) is 14.7. The number of halogens is 2. The Morgan fingerprint density at radius 3 is 2.56 bits per heavy atom. The van der Waals surface area contributed by atoms with Crippen molar-refractivity contribution in [3.8, 4) is 6.07 Å². The summed E-state index contributed by atoms with van der Waals surface area (Å²) in [4.78, 5) is 39.2. The maximum absolute atomic E-state index is 17.5. The van der Waals surface area contributed by atoms with E-state index in [1.807, 2.05) is 6.92 Å². The van der Waals surface area contributed by atoms with Gasteiger partial charge >= 0.3 is 12.1 Å². The van der Waals surface area contributed by atoms with Gasteiger partial charge < -0.3 is 19.3 Å². The van der Waals surface area contributed by atoms with Crippen molar-refractivity contribution in [3.05, 3.63) is 23.8 Å². The van der Waals surface area contributed by atoms with Crippen LogP contribution in [-0.4, -0.2) is 59.3 Å². The predicted molar refractivity (Wildman–Crippen MR) is 141 cm³/mol. The number of rotatable bonds is 4. The Balaban J connectivity index is 1.56. The molecule has 0 saturated heterocycles. The number of fused-ring (bicyclic) bond motifs is 5. The molecule has 4 saturated carbocycles. The molecule has 0 radical (unpaired) electrons. The molecular weight excluding hydrogens is 536 g/mol. The lowest BCUT2D eigenvalue weighted by molar-refractivity contribution is -0.234. The Hall–Kier alpha value is -2.80. The van der Waals surface area contributed by atoms with E-state index in [0.29, 0.717) is 6.42 Å². The molecule has 0 aliphatic heterocycles. The summed E-state index contributed by atoms with van der Waals surface area (Å²) in [5.41, 5.74) is -7.32. The number of esters is 1. The van der Waals surface area contributed by atoms with Crippen molar-refractivity contribution in [2.45, 2.75) is 102 Å². The van der Waals surface area contributed by atoms with Gasteiger partial charge in [0.25, 0.3) is 0 Å². The van der Waals surface area contributed by atoms with E-state index in [4.69, 9.17) is 19.5 Å². The van der Waals surface area contributed by atoms with Crippen LogP contribution in [0.15, 0.2) is 23.8 Å². The minimum absolute atomic E-state index is 0.00132. The summed E-state index contributed by atoms with van der Waals surface area (Å²) in [5.74, 6) is -3.80. The summed E-state index contributed by atoms with van der Waals surface area (Å²) in [7, 11) is 0. The van der Waals surface area contributed by atoms with E-state index in [0.717, 1.165) is 25.3 Å². The fourth-order valence-corrected chi connectivity index (χ4v) is 9.16. The van der Waals surface area contributed by atoms with Gasteiger partial charge in [-0.05, 0) is 75.0 Å². The van der Waals surface area contributed by atoms with Crippen molar-refractivity contribution in [2.24, 2.45) is 34.5 Å². The lowest BCUT2D eigenvalue weighted by Gasteiger charge is -2.62. The van der Waals surface area contributed by atoms with Gasteiger partial charge in [0, 0.05) is 22.7 Å². The van der Waals surface area contributed by atoms with Gasteiger partial charge in [0.1, 0.15) is 18.3 Å². The van der Waals surface area contributed by atoms with E-state index in [2.05, 4.69) is 0 Å². The van der Waals surface area contributed by atoms with Crippen molar-refractivity contribution in [3.63, 3.8) is 0 Å². The first kappa shape index (κ1) is 29.7. The normalized spacial score (nSPS) is 46.7. The van der Waals surface area contributed by atoms with Crippen LogP contribution in [0.3, 0.4) is 0 Å². The van der Waals surface area contributed by atoms with Gasteiger partial charge in [-0.1, -0.05) is 33.3 Å². The smallest absolute Gasteiger partial charge is 0.447 e. The molecule has 5 rings (SSSR count). The summed E-state index contributed by atoms with van der Waals surface area (Å²) >= 11 is 0. The number of allylic oxidation sites excluding steroid dienone is 4. The van der Waals surface area contributed by atoms with Crippen LogP contribution in [0.4, 0.5) is 13.6 Å². The number of carbonyl (C=O) groups is 3. The fourth-order valence-electron chi connectivity index (χ4n) is 9.16. The number of carbonyl (C=O) groups excluding carboxylic acids is 3. The molecule has 0 bridgehead atoms. The molecule has 5 aliphatic rings. The van der Waals surface area contributed by atoms with Crippen molar-refractivity contribution in [2.75, 3.05) is 6.61 Å². The highest BCUT2D eigenvalue weighted by atomic mass is 19.1. The topological polar surface area (TPSA) is 123 Å². The molecule has 1 N–H and O–H groups in total. The molecule has 0 aromatic heterocycles. The third kappa shape index (κ3) is 4.09. The SMILES string of the molecule is C[C@@H]1C[C@H]2[C@@H]3C[C@H](F)C4=CC(=O)C=C[C@]4(C)[C@@]3(F)[C@@H](O)C[C@]2(C)[C@@]1(OC(=O)O[C@@H]1CCCC[C@@H]1C)C(=O)OCC#N. The van der Waals surface area contributed by atoms with Gasteiger partial charge in [0.05, 0.1) is 6.10 Å². The maximum Gasteiger partial charge on any atom is 0.509 e. The van der Waals surface area contributed by atoms with Crippen LogP contribution in [0.5, 0.6) is 0 Å². The second kappa shape index (κ2) is 10.2. The first-order valence-electron chi connectivity index (χ1n) is 14.7. The Labute approximate surface area is 239 Å². The fraction of sp³-hybridized carbons (Fsp3) is 0.742. The van der Waals surface area contributed by atoms with Crippen molar-refractivity contribution in [1.82, 2.24) is 0 Å². The molecule has 4 fully saturated rings. The number of aliphatic hydroxyl groups is 1. The quantitative estimate of drug-likeness (QED) is 0.460. The van der Waals surface area contributed by atoms with E-state index in [-0.39, 0.29) is 30.8 Å². The molecule has 11 atom stereocenters. The largest absolute Gasteiger partial charge is 0.509 e. The van der Waals surface area contributed by atoms with E-state index in [9.17, 15) is 19.5 Å². The third-order valence-electron chi connectivity index (χ3n) is 11.3. The van der Waals surface area contributed by atoms with Crippen LogP contribution in [0.2, 0.25) is 0 Å². The van der Waals surface area contributed by atoms with Crippen molar-refractivity contribution < 1.29 is 42.5 Å². The average molecular weight is 576 g/mol. The first-order chi connectivity index (χ1) is 19.3. The molecule has 0 heterocycles. The summed E-state index contributed by atoms with van der Waals surface area (Å²) in [6, 6.07) is 1.75. The number of ketones is 1. The highest BCUT2D eigenvalue weighted by molar-refractivity contribution is 6.01. The molecule has 8 nitrogen and oxygen atoms in total. The average Bonchev–Trinajstić information content (AvgIpc) is 3.13. The number of aliphatic hydroxyl groups excluding tert-OH is 1. The Kier molecular flexibility index (Phi) is 7.37. The standard InChI is InChI=1S/C31H39F2NO7/c1-17-7-5-6-8-24(17)40-27(38)41-31(26(37)39-12-11-34)18(2)13-20-21-15-23(32)22-14-19(35)9-10-28(22,3)30(21,33)25(36)16-29(20,31)4/h9-10,14,17-18,20-21,23-25,36H,5-8,12-13,15-16H2,1-4H3/t17-,18+,20-,21-,23-,24+,25-,28-,29-,30-,31-/m0/s1. The molecule has 41 heavy (non-hydrogen) atoms. The predicted octanol–water partition coefficient (Wildman–Crippen LogP) is 5.09. The summed E-state index contributed by atoms with van der Waals surface area (Å²) in [6.45, 7) is 6.22. The van der Waals surface area contributed by atoms with Crippen LogP contribution in [0.1, 0.15) is 72.6 Å². The lowest BCUT2D eigenvalue weighted by Crippen LogP contribution is -2.71. The lowest BCUT2D eigenvalue weighted by atomic mass is 9.44. The van der Waals surface area contributed by atoms with Crippen LogP contribution in [-0.2, 0) is 23.8 Å². The second-order valence-corrected chi connectivity index (χ2v) is 13.2. The van der Waals surface area contributed by atoms with E-state index < -0.39 is 82.7 Å². The zero-order valence-electron chi connectivity index (χ0n) is 24.0. The molecule has 0 aromatic carbocycles. The maximum atomic E-state index is 17.5. The molecule has 224 valence electrons. The van der Waals surface area contributed by atoms with Gasteiger partial charge in [-0.15, -0.1) is 0 Å². The summed E-state index contributed by atoms with van der Waals surface area (Å²) < 4.78 is 50.3. The zero-order valence-corrected chi connectivity index (χ0v) is 24.0. The van der Waals surface area contributed by atoms with Gasteiger partial charge in [-0.2, -0.15) is 5.26 Å². The minimum atomic E-state index is -2.35. The molecule has 0 unspecified atom stereocenters. The highest BCUT2D eigenvalue weighted by Crippen LogP contribution is 2.71. The number of ether oxygens (including phenoxy) is 3. The number of hydrogen-bond acceptors (Lipinski definition) is 8. The second-order valence-electron chi connectivity index (χ2n) is 13.2. The van der Waals surface area contributed by atoms with E-state index >= 15 is 8.78 Å². The van der Waals surface area contributed by atoms with Crippen LogP contribution < -0.4 is 0 Å². The molecular formula is C31H39F2NO7. The van der Waals surface area contributed by atoms with Gasteiger partial charge in [0.15, 0.2) is 18.1 Å². The van der Waals surface area contributed by atoms with Crippen LogP contribution >= 0.6 is 0 Å². The van der Waals surface area contributed by atoms with Gasteiger partial charge in [-0.25, -0.2) is 18.4 Å². The summed E-state index contributed by atoms with van der Waals surface area (Å²) in [5, 5.41) is 20.7. The van der Waals surface area contributed by atoms with Crippen LogP contribution in [0.25, 0.3) is 0 Å². The minimum Gasteiger partial charge on any atom is -0.447 e. The number of hydrogen-bond donors (Lipinski definition) is 1. The van der Waals surface area contributed by atoms with Gasteiger partial charge in [0.2, 0.25) is 5.60 Å². The Morgan fingerprint density at radius 1 is 1.17 bits per heavy atom. The Bertz CT molecular complexity index is 1230. The zero-order chi connectivity index (χ0) is 30.0. The number of alkyl halides is 2. The molecule has 5 aliphatic carbocycles. The molecule has 0 aromatic rings. The highest BCUT2D eigenvalue weighted by Gasteiger charge is 2.79.